The van der Waals surface area contributed by atoms with Crippen molar-refractivity contribution < 1.29 is 28.8 Å². The Bertz CT molecular complexity index is 1820. The Kier molecular flexibility index (Phi) is 14.3. The molecule has 0 saturated carbocycles. The van der Waals surface area contributed by atoms with Gasteiger partial charge in [0.05, 0.1) is 22.8 Å². The Morgan fingerprint density at radius 2 is 1.02 bits per heavy atom. The molecule has 2 aromatic carbocycles. The number of benzene rings is 2. The SMILES string of the molecule is CNC(C)C(=O)N[C@H]1CCS[C@H]2CC(C)(C)[C@@H](C(=O)Nc3ccccc3CCc3ccccc3NC(=O)[C@H]3N4C(=O)[C@@H](NC(=O)C(C)NC)CCS[C@H]4CC3(C)C)N2C1=O. The van der Waals surface area contributed by atoms with Crippen LogP contribution < -0.4 is 31.9 Å². The fraction of sp³-hybridized carbons (Fsp3) is 0.591. The van der Waals surface area contributed by atoms with Crippen molar-refractivity contribution in [2.45, 2.75) is 127 Å². The van der Waals surface area contributed by atoms with Crippen LogP contribution in [0.1, 0.15) is 78.4 Å². The van der Waals surface area contributed by atoms with E-state index in [-0.39, 0.29) is 46.2 Å². The first kappa shape index (κ1) is 45.4. The molecular formula is C44H62N8O6S2. The van der Waals surface area contributed by atoms with E-state index in [9.17, 15) is 28.8 Å². The van der Waals surface area contributed by atoms with Gasteiger partial charge in [0.25, 0.3) is 0 Å². The highest BCUT2D eigenvalue weighted by Gasteiger charge is 2.56. The molecule has 4 fully saturated rings. The average molecular weight is 863 g/mol. The second kappa shape index (κ2) is 18.9. The van der Waals surface area contributed by atoms with Gasteiger partial charge in [-0.15, -0.1) is 23.5 Å². The van der Waals surface area contributed by atoms with Crippen LogP contribution in [0.15, 0.2) is 48.5 Å². The van der Waals surface area contributed by atoms with E-state index in [1.165, 1.54) is 0 Å². The number of para-hydroxylation sites is 2. The van der Waals surface area contributed by atoms with Crippen LogP contribution in [0, 0.1) is 10.8 Å². The number of carbonyl (C=O) groups is 6. The van der Waals surface area contributed by atoms with Gasteiger partial charge >= 0.3 is 0 Å². The van der Waals surface area contributed by atoms with E-state index in [1.807, 2.05) is 76.2 Å². The molecule has 6 amide bonds. The maximum atomic E-state index is 14.4. The van der Waals surface area contributed by atoms with Crippen LogP contribution in [-0.4, -0.2) is 118 Å². The molecule has 326 valence electrons. The summed E-state index contributed by atoms with van der Waals surface area (Å²) < 4.78 is 0. The third-order valence-corrected chi connectivity index (χ3v) is 15.1. The van der Waals surface area contributed by atoms with Crippen LogP contribution in [0.5, 0.6) is 0 Å². The van der Waals surface area contributed by atoms with Gasteiger partial charge < -0.3 is 41.7 Å². The second-order valence-electron chi connectivity index (χ2n) is 17.8. The van der Waals surface area contributed by atoms with Gasteiger partial charge in [-0.2, -0.15) is 0 Å². The molecule has 2 aromatic rings. The van der Waals surface area contributed by atoms with E-state index in [2.05, 4.69) is 31.9 Å². The van der Waals surface area contributed by atoms with Crippen molar-refractivity contribution >= 4 is 70.3 Å². The summed E-state index contributed by atoms with van der Waals surface area (Å²) >= 11 is 3.31. The van der Waals surface area contributed by atoms with Crippen molar-refractivity contribution in [2.75, 3.05) is 36.2 Å². The predicted octanol–water partition coefficient (Wildman–Crippen LogP) is 3.71. The Balaban J connectivity index is 1.16. The van der Waals surface area contributed by atoms with Crippen LogP contribution in [0.3, 0.4) is 0 Å². The number of rotatable bonds is 13. The first-order chi connectivity index (χ1) is 28.5. The van der Waals surface area contributed by atoms with Gasteiger partial charge in [-0.05, 0) is 112 Å². The number of hydrogen-bond donors (Lipinski definition) is 6. The molecule has 0 radical (unpaired) electrons. The number of likely N-dealkylation sites (N-methyl/N-ethyl adjacent to an activating group) is 2. The van der Waals surface area contributed by atoms with Gasteiger partial charge in [0.15, 0.2) is 0 Å². The summed E-state index contributed by atoms with van der Waals surface area (Å²) in [6.45, 7) is 11.6. The molecule has 4 aliphatic rings. The standard InChI is InChI=1S/C44H62N8O6S2/c1-25(45-7)37(53)49-31-19-21-59-33-23-43(3,4)35(51(33)41(31)57)39(55)47-29-15-11-9-13-27(29)17-18-28-14-10-12-16-30(28)48-40(56)36-44(5,6)24-34-52(36)42(58)32(20-22-60-34)50-38(54)26(2)46-8/h9-16,25-26,31-36,45-46H,17-24H2,1-8H3,(H,47,55)(H,48,56)(H,49,53)(H,50,54)/t25?,26?,31-,32-,33-,34-,35+,36+/m0/s1. The molecule has 6 rings (SSSR count). The summed E-state index contributed by atoms with van der Waals surface area (Å²) in [5.74, 6) is -0.161. The highest BCUT2D eigenvalue weighted by atomic mass is 32.2. The zero-order valence-corrected chi connectivity index (χ0v) is 37.7. The zero-order valence-electron chi connectivity index (χ0n) is 36.1. The predicted molar refractivity (Wildman–Crippen MR) is 238 cm³/mol. The van der Waals surface area contributed by atoms with Crippen LogP contribution in [0.2, 0.25) is 0 Å². The maximum Gasteiger partial charge on any atom is 0.247 e. The Morgan fingerprint density at radius 1 is 0.650 bits per heavy atom. The molecule has 4 aliphatic heterocycles. The van der Waals surface area contributed by atoms with Crippen LogP contribution in [-0.2, 0) is 41.6 Å². The van der Waals surface area contributed by atoms with Gasteiger partial charge in [0.1, 0.15) is 24.2 Å². The van der Waals surface area contributed by atoms with Crippen molar-refractivity contribution in [3.05, 3.63) is 59.7 Å². The third-order valence-electron chi connectivity index (χ3n) is 12.6. The van der Waals surface area contributed by atoms with E-state index in [1.54, 1.807) is 61.3 Å². The molecule has 14 nitrogen and oxygen atoms in total. The molecular weight excluding hydrogens is 801 g/mol. The van der Waals surface area contributed by atoms with Crippen LogP contribution in [0.25, 0.3) is 0 Å². The molecule has 60 heavy (non-hydrogen) atoms. The number of amides is 6. The van der Waals surface area contributed by atoms with Crippen molar-refractivity contribution in [3.8, 4) is 0 Å². The first-order valence-corrected chi connectivity index (χ1v) is 23.2. The highest BCUT2D eigenvalue weighted by Crippen LogP contribution is 2.48. The van der Waals surface area contributed by atoms with Crippen molar-refractivity contribution in [1.82, 2.24) is 31.1 Å². The summed E-state index contributed by atoms with van der Waals surface area (Å²) in [6.07, 6.45) is 3.36. The van der Waals surface area contributed by atoms with Gasteiger partial charge in [-0.3, -0.25) is 28.8 Å². The molecule has 4 heterocycles. The lowest BCUT2D eigenvalue weighted by atomic mass is 9.84. The molecule has 0 bridgehead atoms. The van der Waals surface area contributed by atoms with Crippen molar-refractivity contribution in [3.63, 3.8) is 0 Å². The fourth-order valence-electron chi connectivity index (χ4n) is 8.95. The minimum atomic E-state index is -0.747. The van der Waals surface area contributed by atoms with E-state index in [4.69, 9.17) is 0 Å². The van der Waals surface area contributed by atoms with Gasteiger partial charge in [-0.1, -0.05) is 64.1 Å². The largest absolute Gasteiger partial charge is 0.343 e. The molecule has 6 N–H and O–H groups in total. The first-order valence-electron chi connectivity index (χ1n) is 21.1. The van der Waals surface area contributed by atoms with E-state index in [0.29, 0.717) is 61.4 Å². The smallest absolute Gasteiger partial charge is 0.247 e. The minimum absolute atomic E-state index is 0.180. The molecule has 0 spiro atoms. The fourth-order valence-corrected chi connectivity index (χ4v) is 12.1. The number of fused-ring (bicyclic) bond motifs is 2. The van der Waals surface area contributed by atoms with Crippen LogP contribution in [0.4, 0.5) is 11.4 Å². The number of thioether (sulfide) groups is 2. The third kappa shape index (κ3) is 9.66. The molecule has 16 heteroatoms. The van der Waals surface area contributed by atoms with E-state index < -0.39 is 47.1 Å². The summed E-state index contributed by atoms with van der Waals surface area (Å²) in [7, 11) is 3.39. The van der Waals surface area contributed by atoms with Gasteiger partial charge in [-0.25, -0.2) is 0 Å². The summed E-state index contributed by atoms with van der Waals surface area (Å²) in [6, 6.07) is 11.4. The lowest BCUT2D eigenvalue weighted by Gasteiger charge is -2.34. The van der Waals surface area contributed by atoms with E-state index >= 15 is 0 Å². The van der Waals surface area contributed by atoms with E-state index in [0.717, 1.165) is 11.1 Å². The molecule has 0 aliphatic carbocycles. The highest BCUT2D eigenvalue weighted by molar-refractivity contribution is 8.00. The normalized spacial score (nSPS) is 26.8. The number of nitrogens with one attached hydrogen (secondary N) is 6. The van der Waals surface area contributed by atoms with Crippen molar-refractivity contribution in [2.24, 2.45) is 10.8 Å². The maximum absolute atomic E-state index is 14.4. The summed E-state index contributed by atoms with van der Waals surface area (Å²) in [4.78, 5) is 85.9. The van der Waals surface area contributed by atoms with Gasteiger partial charge in [0, 0.05) is 11.4 Å². The number of anilines is 2. The van der Waals surface area contributed by atoms with Crippen molar-refractivity contribution in [1.29, 1.82) is 0 Å². The average Bonchev–Trinajstić information content (AvgIpc) is 3.53. The van der Waals surface area contributed by atoms with Gasteiger partial charge in [0.2, 0.25) is 35.4 Å². The molecule has 2 unspecified atom stereocenters. The topological polar surface area (TPSA) is 181 Å². The Morgan fingerprint density at radius 3 is 1.38 bits per heavy atom. The quantitative estimate of drug-likeness (QED) is 0.174. The molecule has 0 aromatic heterocycles. The summed E-state index contributed by atoms with van der Waals surface area (Å²) in [5, 5.41) is 17.7. The minimum Gasteiger partial charge on any atom is -0.343 e. The zero-order chi connectivity index (χ0) is 43.5. The van der Waals surface area contributed by atoms with Crippen LogP contribution >= 0.6 is 23.5 Å². The Hall–Kier alpha value is -4.12. The monoisotopic (exact) mass is 862 g/mol. The molecule has 8 atom stereocenters. The Labute approximate surface area is 362 Å². The lowest BCUT2D eigenvalue weighted by Crippen LogP contribution is -2.57. The summed E-state index contributed by atoms with van der Waals surface area (Å²) in [5.41, 5.74) is 2.06. The number of nitrogens with zero attached hydrogens (tertiary/aromatic N) is 2. The molecule has 4 saturated heterocycles. The number of aryl methyl sites for hydroxylation is 2. The second-order valence-corrected chi connectivity index (χ2v) is 20.4. The number of carbonyl (C=O) groups excluding carboxylic acids is 6. The lowest BCUT2D eigenvalue weighted by molar-refractivity contribution is -0.142. The number of hydrogen-bond acceptors (Lipinski definition) is 10.